The van der Waals surface area contributed by atoms with E-state index in [0.29, 0.717) is 5.56 Å². The average Bonchev–Trinajstić information content (AvgIpc) is 2.15. The number of hydrogen-bond donors (Lipinski definition) is 1. The van der Waals surface area contributed by atoms with Gasteiger partial charge in [0.15, 0.2) is 0 Å². The van der Waals surface area contributed by atoms with Crippen molar-refractivity contribution in [3.05, 3.63) is 35.1 Å². The molecule has 0 spiro atoms. The molecular weight excluding hydrogens is 193 g/mol. The monoisotopic (exact) mass is 207 g/mol. The maximum Gasteiger partial charge on any atom is 0.254 e. The second kappa shape index (κ2) is 4.01. The van der Waals surface area contributed by atoms with Gasteiger partial charge >= 0.3 is 0 Å². The zero-order valence-electron chi connectivity index (χ0n) is 8.72. The second-order valence-corrected chi connectivity index (χ2v) is 4.04. The van der Waals surface area contributed by atoms with E-state index in [4.69, 9.17) is 0 Å². The van der Waals surface area contributed by atoms with Gasteiger partial charge in [0.2, 0.25) is 0 Å². The van der Waals surface area contributed by atoms with E-state index in [1.807, 2.05) is 0 Å². The van der Waals surface area contributed by atoms with Gasteiger partial charge in [-0.1, -0.05) is 12.1 Å². The minimum Gasteiger partial charge on any atom is -0.349 e. The molecule has 1 amide bonds. The molecule has 2 nitrogen and oxygen atoms in total. The van der Waals surface area contributed by atoms with E-state index in [1.54, 1.807) is 19.1 Å². The standard InChI is InChI=1S/C12H14FNO/c1-8-4-2-7-10(11(8)13)12(15)14-9-5-3-6-9/h2,4,7,9H,3,5-6H2,1H3,(H,14,15). The number of rotatable bonds is 2. The molecule has 1 aliphatic carbocycles. The van der Waals surface area contributed by atoms with Gasteiger partial charge < -0.3 is 5.32 Å². The van der Waals surface area contributed by atoms with E-state index in [0.717, 1.165) is 19.3 Å². The van der Waals surface area contributed by atoms with Crippen LogP contribution >= 0.6 is 0 Å². The van der Waals surface area contributed by atoms with Crippen LogP contribution in [0.2, 0.25) is 0 Å². The predicted molar refractivity (Wildman–Crippen MR) is 56.2 cm³/mol. The van der Waals surface area contributed by atoms with Gasteiger partial charge in [-0.15, -0.1) is 0 Å². The van der Waals surface area contributed by atoms with Gasteiger partial charge in [0, 0.05) is 6.04 Å². The largest absolute Gasteiger partial charge is 0.349 e. The van der Waals surface area contributed by atoms with Crippen molar-refractivity contribution in [3.8, 4) is 0 Å². The number of amides is 1. The van der Waals surface area contributed by atoms with Crippen LogP contribution in [0.1, 0.15) is 35.2 Å². The van der Waals surface area contributed by atoms with E-state index in [-0.39, 0.29) is 17.5 Å². The van der Waals surface area contributed by atoms with E-state index >= 15 is 0 Å². The Kier molecular flexibility index (Phi) is 2.71. The summed E-state index contributed by atoms with van der Waals surface area (Å²) in [6.07, 6.45) is 3.18. The van der Waals surface area contributed by atoms with Crippen LogP contribution in [0.15, 0.2) is 18.2 Å². The van der Waals surface area contributed by atoms with E-state index in [1.165, 1.54) is 6.07 Å². The molecule has 3 heteroatoms. The quantitative estimate of drug-likeness (QED) is 0.792. The number of halogens is 1. The number of carbonyl (C=O) groups is 1. The first kappa shape index (κ1) is 10.1. The summed E-state index contributed by atoms with van der Waals surface area (Å²) in [5.74, 6) is -0.699. The van der Waals surface area contributed by atoms with Crippen molar-refractivity contribution in [1.82, 2.24) is 5.32 Å². The summed E-state index contributed by atoms with van der Waals surface area (Å²) in [6.45, 7) is 1.66. The summed E-state index contributed by atoms with van der Waals surface area (Å²) in [5, 5.41) is 2.82. The number of hydrogen-bond acceptors (Lipinski definition) is 1. The lowest BCUT2D eigenvalue weighted by atomic mass is 9.93. The Morgan fingerprint density at radius 1 is 1.47 bits per heavy atom. The van der Waals surface area contributed by atoms with Crippen molar-refractivity contribution >= 4 is 5.91 Å². The summed E-state index contributed by atoms with van der Waals surface area (Å²) in [6, 6.07) is 5.14. The van der Waals surface area contributed by atoms with Gasteiger partial charge in [0.1, 0.15) is 5.82 Å². The van der Waals surface area contributed by atoms with Crippen molar-refractivity contribution in [2.45, 2.75) is 32.2 Å². The Balaban J connectivity index is 2.13. The van der Waals surface area contributed by atoms with Crippen molar-refractivity contribution < 1.29 is 9.18 Å². The van der Waals surface area contributed by atoms with Crippen LogP contribution in [0.4, 0.5) is 4.39 Å². The average molecular weight is 207 g/mol. The third-order valence-electron chi connectivity index (χ3n) is 2.88. The first-order valence-corrected chi connectivity index (χ1v) is 5.24. The van der Waals surface area contributed by atoms with Crippen molar-refractivity contribution in [1.29, 1.82) is 0 Å². The molecule has 0 aromatic heterocycles. The third kappa shape index (κ3) is 2.01. The Hall–Kier alpha value is -1.38. The summed E-state index contributed by atoms with van der Waals surface area (Å²) in [4.78, 5) is 11.7. The molecule has 15 heavy (non-hydrogen) atoms. The van der Waals surface area contributed by atoms with Crippen LogP contribution in [0.25, 0.3) is 0 Å². The molecule has 80 valence electrons. The molecule has 0 bridgehead atoms. The van der Waals surface area contributed by atoms with Crippen LogP contribution in [-0.4, -0.2) is 11.9 Å². The Labute approximate surface area is 88.5 Å². The molecule has 0 saturated heterocycles. The van der Waals surface area contributed by atoms with Gasteiger partial charge in [0.05, 0.1) is 5.56 Å². The smallest absolute Gasteiger partial charge is 0.254 e. The van der Waals surface area contributed by atoms with Crippen molar-refractivity contribution in [2.24, 2.45) is 0 Å². The summed E-state index contributed by atoms with van der Waals surface area (Å²) in [5.41, 5.74) is 0.665. The fraction of sp³-hybridized carbons (Fsp3) is 0.417. The molecule has 2 rings (SSSR count). The maximum absolute atomic E-state index is 13.6. The van der Waals surface area contributed by atoms with E-state index in [9.17, 15) is 9.18 Å². The van der Waals surface area contributed by atoms with Crippen LogP contribution < -0.4 is 5.32 Å². The molecule has 0 radical (unpaired) electrons. The Morgan fingerprint density at radius 2 is 2.20 bits per heavy atom. The lowest BCUT2D eigenvalue weighted by Gasteiger charge is -2.26. The molecule has 1 saturated carbocycles. The van der Waals surface area contributed by atoms with Gasteiger partial charge in [-0.25, -0.2) is 4.39 Å². The number of aryl methyl sites for hydroxylation is 1. The van der Waals surface area contributed by atoms with Crippen LogP contribution in [0.5, 0.6) is 0 Å². The molecule has 1 aromatic carbocycles. The minimum atomic E-state index is -0.408. The van der Waals surface area contributed by atoms with E-state index < -0.39 is 5.82 Å². The Bertz CT molecular complexity index is 385. The highest BCUT2D eigenvalue weighted by molar-refractivity contribution is 5.94. The number of benzene rings is 1. The first-order chi connectivity index (χ1) is 7.18. The minimum absolute atomic E-state index is 0.155. The van der Waals surface area contributed by atoms with Gasteiger partial charge in [-0.05, 0) is 37.8 Å². The zero-order valence-corrected chi connectivity index (χ0v) is 8.72. The van der Waals surface area contributed by atoms with Crippen molar-refractivity contribution in [2.75, 3.05) is 0 Å². The lowest BCUT2D eigenvalue weighted by molar-refractivity contribution is 0.0912. The summed E-state index contributed by atoms with van der Waals surface area (Å²) >= 11 is 0. The third-order valence-corrected chi connectivity index (χ3v) is 2.88. The lowest BCUT2D eigenvalue weighted by Crippen LogP contribution is -2.39. The first-order valence-electron chi connectivity index (χ1n) is 5.24. The molecule has 0 unspecified atom stereocenters. The predicted octanol–water partition coefficient (Wildman–Crippen LogP) is 2.42. The van der Waals surface area contributed by atoms with Crippen LogP contribution in [0, 0.1) is 12.7 Å². The van der Waals surface area contributed by atoms with Gasteiger partial charge in [-0.3, -0.25) is 4.79 Å². The highest BCUT2D eigenvalue weighted by Crippen LogP contribution is 2.19. The zero-order chi connectivity index (χ0) is 10.8. The molecule has 1 fully saturated rings. The SMILES string of the molecule is Cc1cccc(C(=O)NC2CCC2)c1F. The van der Waals surface area contributed by atoms with Crippen LogP contribution in [-0.2, 0) is 0 Å². The fourth-order valence-electron chi connectivity index (χ4n) is 1.64. The van der Waals surface area contributed by atoms with Gasteiger partial charge in [0.25, 0.3) is 5.91 Å². The Morgan fingerprint density at radius 3 is 2.80 bits per heavy atom. The molecule has 0 aliphatic heterocycles. The normalized spacial score (nSPS) is 15.9. The molecule has 0 heterocycles. The second-order valence-electron chi connectivity index (χ2n) is 4.04. The highest BCUT2D eigenvalue weighted by Gasteiger charge is 2.21. The number of nitrogens with one attached hydrogen (secondary N) is 1. The highest BCUT2D eigenvalue weighted by atomic mass is 19.1. The molecule has 1 N–H and O–H groups in total. The number of carbonyl (C=O) groups excluding carboxylic acids is 1. The molecule has 1 aliphatic rings. The molecular formula is C12H14FNO. The maximum atomic E-state index is 13.6. The summed E-state index contributed by atoms with van der Waals surface area (Å²) < 4.78 is 13.6. The van der Waals surface area contributed by atoms with Crippen molar-refractivity contribution in [3.63, 3.8) is 0 Å². The van der Waals surface area contributed by atoms with E-state index in [2.05, 4.69) is 5.32 Å². The molecule has 1 aromatic rings. The summed E-state index contributed by atoms with van der Waals surface area (Å²) in [7, 11) is 0. The fourth-order valence-corrected chi connectivity index (χ4v) is 1.64. The van der Waals surface area contributed by atoms with Crippen LogP contribution in [0.3, 0.4) is 0 Å². The van der Waals surface area contributed by atoms with Gasteiger partial charge in [-0.2, -0.15) is 0 Å². The topological polar surface area (TPSA) is 29.1 Å². The molecule has 0 atom stereocenters.